The normalized spacial score (nSPS) is 22.9. The van der Waals surface area contributed by atoms with Gasteiger partial charge in [-0.3, -0.25) is 0 Å². The summed E-state index contributed by atoms with van der Waals surface area (Å²) in [5.74, 6) is -3.71. The average Bonchev–Trinajstić information content (AvgIpc) is 3.07. The van der Waals surface area contributed by atoms with Crippen molar-refractivity contribution in [3.63, 3.8) is 0 Å². The fraction of sp³-hybridized carbons (Fsp3) is 0.944. The second-order valence-electron chi connectivity index (χ2n) is 7.23. The monoisotopic (exact) mass is 440 g/mol. The van der Waals surface area contributed by atoms with E-state index in [0.29, 0.717) is 0 Å². The van der Waals surface area contributed by atoms with Crippen LogP contribution in [-0.2, 0) is 9.53 Å². The zero-order valence-electron chi connectivity index (χ0n) is 15.3. The van der Waals surface area contributed by atoms with Crippen LogP contribution in [0.3, 0.4) is 0 Å². The Bertz CT molecular complexity index is 352. The molecule has 0 aromatic heterocycles. The van der Waals surface area contributed by atoms with E-state index in [4.69, 9.17) is 4.74 Å². The molecule has 0 spiro atoms. The van der Waals surface area contributed by atoms with Gasteiger partial charge in [0.15, 0.2) is 0 Å². The van der Waals surface area contributed by atoms with Crippen molar-refractivity contribution in [2.75, 3.05) is 6.61 Å². The van der Waals surface area contributed by atoms with Crippen molar-refractivity contribution < 1.29 is 18.3 Å². The van der Waals surface area contributed by atoms with Crippen molar-refractivity contribution in [3.05, 3.63) is 0 Å². The first kappa shape index (κ1) is 21.2. The van der Waals surface area contributed by atoms with Crippen molar-refractivity contribution in [2.45, 2.75) is 89.4 Å². The second kappa shape index (κ2) is 9.57. The van der Waals surface area contributed by atoms with Gasteiger partial charge in [0.05, 0.1) is 0 Å². The fourth-order valence-corrected chi connectivity index (χ4v) is 23.9. The summed E-state index contributed by atoms with van der Waals surface area (Å²) in [6, 6.07) is 0. The van der Waals surface area contributed by atoms with E-state index in [1.54, 1.807) is 0 Å². The Morgan fingerprint density at radius 1 is 1.00 bits per heavy atom. The molecular weight excluding hydrogens is 405 g/mol. The molecule has 23 heavy (non-hydrogen) atoms. The van der Waals surface area contributed by atoms with E-state index in [2.05, 4.69) is 20.8 Å². The van der Waals surface area contributed by atoms with Gasteiger partial charge in [0, 0.05) is 0 Å². The molecule has 2 atom stereocenters. The van der Waals surface area contributed by atoms with Gasteiger partial charge in [0.25, 0.3) is 0 Å². The van der Waals surface area contributed by atoms with E-state index in [1.807, 2.05) is 0 Å². The summed E-state index contributed by atoms with van der Waals surface area (Å²) < 4.78 is 36.9. The van der Waals surface area contributed by atoms with Crippen LogP contribution >= 0.6 is 0 Å². The Kier molecular flexibility index (Phi) is 8.81. The quantitative estimate of drug-likeness (QED) is 0.274. The van der Waals surface area contributed by atoms with Gasteiger partial charge < -0.3 is 0 Å². The van der Waals surface area contributed by atoms with E-state index in [1.165, 1.54) is 6.92 Å². The minimum atomic E-state index is -2.94. The van der Waals surface area contributed by atoms with Crippen LogP contribution in [0, 0.1) is 5.92 Å². The number of alkyl halides is 2. The maximum absolute atomic E-state index is 14.5. The van der Waals surface area contributed by atoms with Crippen molar-refractivity contribution in [3.8, 4) is 0 Å². The van der Waals surface area contributed by atoms with Gasteiger partial charge in [-0.15, -0.1) is 0 Å². The van der Waals surface area contributed by atoms with E-state index in [9.17, 15) is 13.6 Å². The van der Waals surface area contributed by atoms with E-state index in [0.717, 1.165) is 51.8 Å². The molecule has 2 unspecified atom stereocenters. The molecule has 2 nitrogen and oxygen atoms in total. The summed E-state index contributed by atoms with van der Waals surface area (Å²) in [6.45, 7) is 7.68. The molecular formula is C18H34F2O2Sn. The van der Waals surface area contributed by atoms with Crippen LogP contribution in [0.15, 0.2) is 0 Å². The van der Waals surface area contributed by atoms with Crippen LogP contribution in [0.5, 0.6) is 0 Å². The molecule has 5 heteroatoms. The zero-order valence-corrected chi connectivity index (χ0v) is 18.2. The van der Waals surface area contributed by atoms with Gasteiger partial charge in [-0.1, -0.05) is 0 Å². The molecule has 1 fully saturated rings. The number of carbonyl (C=O) groups is 1. The van der Waals surface area contributed by atoms with Gasteiger partial charge in [-0.2, -0.15) is 0 Å². The Balaban J connectivity index is 2.92. The third kappa shape index (κ3) is 5.57. The molecule has 1 rings (SSSR count). The summed E-state index contributed by atoms with van der Waals surface area (Å²) in [5.41, 5.74) is 0. The number of rotatable bonds is 12. The predicted octanol–water partition coefficient (Wildman–Crippen LogP) is 6.03. The second-order valence-corrected chi connectivity index (χ2v) is 21.1. The third-order valence-corrected chi connectivity index (χ3v) is 23.0. The molecule has 0 saturated heterocycles. The van der Waals surface area contributed by atoms with Crippen molar-refractivity contribution in [2.24, 2.45) is 5.92 Å². The molecule has 1 saturated carbocycles. The van der Waals surface area contributed by atoms with E-state index in [-0.39, 0.29) is 6.61 Å². The van der Waals surface area contributed by atoms with Crippen LogP contribution in [-0.4, -0.2) is 36.9 Å². The molecule has 0 bridgehead atoms. The predicted molar refractivity (Wildman–Crippen MR) is 93.7 cm³/mol. The minimum absolute atomic E-state index is 0.0734. The SMILES string of the molecule is CCC[CH2][Sn]([CH2]CCC)([CH2]CCC)[CH]1C(COC(C)=O)C1(F)F. The summed E-state index contributed by atoms with van der Waals surface area (Å²) in [6.07, 6.45) is 6.54. The molecule has 1 aliphatic rings. The van der Waals surface area contributed by atoms with Crippen molar-refractivity contribution in [1.29, 1.82) is 0 Å². The first-order valence-corrected chi connectivity index (χ1v) is 17.1. The Hall–Kier alpha value is 0.129. The molecule has 0 radical (unpaired) electrons. The number of esters is 1. The molecule has 0 aromatic carbocycles. The third-order valence-electron chi connectivity index (χ3n) is 5.41. The number of carbonyl (C=O) groups excluding carboxylic acids is 1. The van der Waals surface area contributed by atoms with Gasteiger partial charge in [-0.05, 0) is 0 Å². The first-order chi connectivity index (χ1) is 10.9. The average molecular weight is 439 g/mol. The van der Waals surface area contributed by atoms with Crippen LogP contribution < -0.4 is 0 Å². The Morgan fingerprint density at radius 2 is 1.43 bits per heavy atom. The number of ether oxygens (including phenoxy) is 1. The standard InChI is InChI=1S/C6H7F2O2.3C4H9.Sn/c1-4(9)10-3-5-2-6(5,7)8;3*1-3-4-2;/h2,5H,3H2,1H3;3*1,3-4H2,2H3;. The van der Waals surface area contributed by atoms with Crippen LogP contribution in [0.1, 0.15) is 66.2 Å². The van der Waals surface area contributed by atoms with Gasteiger partial charge in [0.1, 0.15) is 0 Å². The van der Waals surface area contributed by atoms with Gasteiger partial charge >= 0.3 is 145 Å². The number of halogens is 2. The van der Waals surface area contributed by atoms with Gasteiger partial charge in [0.2, 0.25) is 0 Å². The van der Waals surface area contributed by atoms with Crippen LogP contribution in [0.4, 0.5) is 8.78 Å². The molecule has 0 N–H and O–H groups in total. The summed E-state index contributed by atoms with van der Waals surface area (Å²) >= 11 is -2.94. The summed E-state index contributed by atoms with van der Waals surface area (Å²) in [4.78, 5) is 11.0. The van der Waals surface area contributed by atoms with Gasteiger partial charge in [-0.25, -0.2) is 0 Å². The topological polar surface area (TPSA) is 26.3 Å². The van der Waals surface area contributed by atoms with Crippen molar-refractivity contribution in [1.82, 2.24) is 0 Å². The van der Waals surface area contributed by atoms with Crippen LogP contribution in [0.2, 0.25) is 17.2 Å². The van der Waals surface area contributed by atoms with E-state index < -0.39 is 40.1 Å². The number of hydrogen-bond acceptors (Lipinski definition) is 2. The fourth-order valence-electron chi connectivity index (χ4n) is 4.07. The maximum atomic E-state index is 14.5. The zero-order chi connectivity index (χ0) is 17.5. The van der Waals surface area contributed by atoms with Crippen molar-refractivity contribution >= 4 is 24.3 Å². The Morgan fingerprint density at radius 3 is 1.78 bits per heavy atom. The number of hydrogen-bond donors (Lipinski definition) is 0. The molecule has 0 aromatic rings. The first-order valence-electron chi connectivity index (χ1n) is 9.36. The molecule has 0 heterocycles. The molecule has 0 aliphatic heterocycles. The van der Waals surface area contributed by atoms with Crippen LogP contribution in [0.25, 0.3) is 0 Å². The molecule has 0 amide bonds. The molecule has 1 aliphatic carbocycles. The summed E-state index contributed by atoms with van der Waals surface area (Å²) in [5, 5.41) is 0. The Labute approximate surface area is 144 Å². The number of unbranched alkanes of at least 4 members (excludes halogenated alkanes) is 3. The van der Waals surface area contributed by atoms with E-state index >= 15 is 0 Å². The molecule has 136 valence electrons. The summed E-state index contributed by atoms with van der Waals surface area (Å²) in [7, 11) is 0.